The van der Waals surface area contributed by atoms with Crippen molar-refractivity contribution in [2.45, 2.75) is 17.6 Å². The summed E-state index contributed by atoms with van der Waals surface area (Å²) in [6.45, 7) is 0. The van der Waals surface area contributed by atoms with Crippen LogP contribution >= 0.6 is 11.8 Å². The molecule has 1 aliphatic rings. The number of hydrogen-bond donors (Lipinski definition) is 1. The van der Waals surface area contributed by atoms with Gasteiger partial charge < -0.3 is 14.3 Å². The van der Waals surface area contributed by atoms with Crippen molar-refractivity contribution in [2.75, 3.05) is 17.3 Å². The normalized spacial score (nSPS) is 19.8. The summed E-state index contributed by atoms with van der Waals surface area (Å²) in [4.78, 5) is 11.9. The number of amides is 1. The van der Waals surface area contributed by atoms with E-state index in [-0.39, 0.29) is 29.2 Å². The zero-order valence-corrected chi connectivity index (χ0v) is 14.1. The Morgan fingerprint density at radius 3 is 3.00 bits per heavy atom. The third-order valence-corrected chi connectivity index (χ3v) is 6.29. The second kappa shape index (κ2) is 6.36. The lowest BCUT2D eigenvalue weighted by molar-refractivity contribution is -0.119. The number of carbonyl (C=O) groups excluding carboxylic acids is 1. The Bertz CT molecular complexity index is 798. The Balaban J connectivity index is 1.56. The Labute approximate surface area is 137 Å². The number of nitrogens with zero attached hydrogens (tertiary/aromatic N) is 3. The van der Waals surface area contributed by atoms with Crippen molar-refractivity contribution in [3.63, 3.8) is 0 Å². The van der Waals surface area contributed by atoms with Crippen LogP contribution in [-0.4, -0.2) is 52.4 Å². The molecule has 8 nitrogen and oxygen atoms in total. The molecular formula is C13H16N4O4S2. The van der Waals surface area contributed by atoms with E-state index in [2.05, 4.69) is 15.5 Å². The summed E-state index contributed by atoms with van der Waals surface area (Å²) in [6, 6.07) is 3.26. The molecule has 23 heavy (non-hydrogen) atoms. The number of nitrogens with one attached hydrogen (secondary N) is 1. The highest BCUT2D eigenvalue weighted by atomic mass is 32.2. The molecule has 1 saturated heterocycles. The lowest BCUT2D eigenvalue weighted by Crippen LogP contribution is -2.36. The minimum absolute atomic E-state index is 0.0238. The zero-order valence-electron chi connectivity index (χ0n) is 12.4. The second-order valence-corrected chi connectivity index (χ2v) is 8.47. The molecule has 10 heteroatoms. The first kappa shape index (κ1) is 16.1. The summed E-state index contributed by atoms with van der Waals surface area (Å²) in [5, 5.41) is 11.4. The number of sulfone groups is 1. The van der Waals surface area contributed by atoms with Gasteiger partial charge in [0, 0.05) is 13.1 Å². The van der Waals surface area contributed by atoms with Crippen molar-refractivity contribution in [3.05, 3.63) is 18.4 Å². The van der Waals surface area contributed by atoms with E-state index in [1.54, 1.807) is 30.0 Å². The lowest BCUT2D eigenvalue weighted by Gasteiger charge is -2.10. The molecule has 0 aromatic carbocycles. The van der Waals surface area contributed by atoms with E-state index < -0.39 is 9.84 Å². The van der Waals surface area contributed by atoms with Crippen LogP contribution in [0.2, 0.25) is 0 Å². The van der Waals surface area contributed by atoms with Crippen LogP contribution in [0.25, 0.3) is 11.6 Å². The van der Waals surface area contributed by atoms with Gasteiger partial charge >= 0.3 is 0 Å². The smallest absolute Gasteiger partial charge is 0.230 e. The summed E-state index contributed by atoms with van der Waals surface area (Å²) in [7, 11) is -1.20. The van der Waals surface area contributed by atoms with Gasteiger partial charge in [-0.25, -0.2) is 8.42 Å². The molecule has 3 heterocycles. The molecular weight excluding hydrogens is 340 g/mol. The first-order valence-electron chi connectivity index (χ1n) is 7.00. The van der Waals surface area contributed by atoms with E-state index in [9.17, 15) is 13.2 Å². The van der Waals surface area contributed by atoms with Crippen LogP contribution in [0.4, 0.5) is 0 Å². The fourth-order valence-electron chi connectivity index (χ4n) is 2.37. The molecule has 2 aromatic heterocycles. The molecule has 0 saturated carbocycles. The number of carbonyl (C=O) groups is 1. The van der Waals surface area contributed by atoms with Gasteiger partial charge in [0.15, 0.2) is 26.6 Å². The molecule has 0 radical (unpaired) electrons. The minimum Gasteiger partial charge on any atom is -0.461 e. The van der Waals surface area contributed by atoms with Gasteiger partial charge in [0.2, 0.25) is 5.91 Å². The van der Waals surface area contributed by atoms with E-state index in [0.29, 0.717) is 23.2 Å². The van der Waals surface area contributed by atoms with Crippen molar-refractivity contribution in [1.82, 2.24) is 20.1 Å². The molecule has 124 valence electrons. The van der Waals surface area contributed by atoms with Crippen LogP contribution in [0.5, 0.6) is 0 Å². The number of furan rings is 1. The Kier molecular flexibility index (Phi) is 4.44. The summed E-state index contributed by atoms with van der Waals surface area (Å²) in [5.41, 5.74) is 0. The maximum atomic E-state index is 11.9. The van der Waals surface area contributed by atoms with Crippen molar-refractivity contribution in [2.24, 2.45) is 7.05 Å². The fraction of sp³-hybridized carbons (Fsp3) is 0.462. The summed E-state index contributed by atoms with van der Waals surface area (Å²) in [5.74, 6) is 1.30. The molecule has 1 aliphatic heterocycles. The summed E-state index contributed by atoms with van der Waals surface area (Å²) < 4.78 is 29.8. The van der Waals surface area contributed by atoms with E-state index in [4.69, 9.17) is 4.42 Å². The molecule has 0 aliphatic carbocycles. The highest BCUT2D eigenvalue weighted by Crippen LogP contribution is 2.22. The third-order valence-electron chi connectivity index (χ3n) is 3.51. The highest BCUT2D eigenvalue weighted by Gasteiger charge is 2.28. The molecule has 1 N–H and O–H groups in total. The van der Waals surface area contributed by atoms with Gasteiger partial charge in [-0.15, -0.1) is 10.2 Å². The van der Waals surface area contributed by atoms with Crippen molar-refractivity contribution < 1.29 is 17.6 Å². The van der Waals surface area contributed by atoms with E-state index >= 15 is 0 Å². The van der Waals surface area contributed by atoms with Crippen LogP contribution in [-0.2, 0) is 21.7 Å². The minimum atomic E-state index is -3.00. The zero-order chi connectivity index (χ0) is 16.4. The van der Waals surface area contributed by atoms with E-state index in [0.717, 1.165) is 0 Å². The third kappa shape index (κ3) is 3.75. The van der Waals surface area contributed by atoms with Crippen molar-refractivity contribution in [3.8, 4) is 11.6 Å². The van der Waals surface area contributed by atoms with Crippen molar-refractivity contribution in [1.29, 1.82) is 0 Å². The monoisotopic (exact) mass is 356 g/mol. The topological polar surface area (TPSA) is 107 Å². The van der Waals surface area contributed by atoms with Crippen LogP contribution in [0.1, 0.15) is 6.42 Å². The molecule has 1 amide bonds. The number of thioether (sulfide) groups is 1. The van der Waals surface area contributed by atoms with Gasteiger partial charge in [0.25, 0.3) is 0 Å². The van der Waals surface area contributed by atoms with Crippen LogP contribution in [0, 0.1) is 0 Å². The average Bonchev–Trinajstić information content (AvgIpc) is 3.18. The highest BCUT2D eigenvalue weighted by molar-refractivity contribution is 7.99. The largest absolute Gasteiger partial charge is 0.461 e. The molecule has 2 aromatic rings. The van der Waals surface area contributed by atoms with Gasteiger partial charge in [0.05, 0.1) is 23.5 Å². The number of aromatic nitrogens is 3. The van der Waals surface area contributed by atoms with E-state index in [1.807, 2.05) is 0 Å². The Morgan fingerprint density at radius 2 is 2.35 bits per heavy atom. The SMILES string of the molecule is Cn1c(SCC(=O)N[C@H]2CCS(=O)(=O)C2)nnc1-c1ccco1. The van der Waals surface area contributed by atoms with Crippen LogP contribution < -0.4 is 5.32 Å². The molecule has 3 rings (SSSR count). The standard InChI is InChI=1S/C13H16N4O4S2/c1-17-12(10-3-2-5-21-10)15-16-13(17)22-7-11(18)14-9-4-6-23(19,20)8-9/h2-3,5,9H,4,6-8H2,1H3,(H,14,18)/t9-/m0/s1. The first-order valence-corrected chi connectivity index (χ1v) is 9.81. The fourth-order valence-corrected chi connectivity index (χ4v) is 4.76. The quantitative estimate of drug-likeness (QED) is 0.776. The molecule has 1 fully saturated rings. The summed E-state index contributed by atoms with van der Waals surface area (Å²) in [6.07, 6.45) is 2.03. The van der Waals surface area contributed by atoms with Gasteiger partial charge in [-0.1, -0.05) is 11.8 Å². The molecule has 0 spiro atoms. The Hall–Kier alpha value is -1.81. The van der Waals surface area contributed by atoms with Gasteiger partial charge in [0.1, 0.15) is 0 Å². The Morgan fingerprint density at radius 1 is 1.52 bits per heavy atom. The molecule has 0 unspecified atom stereocenters. The van der Waals surface area contributed by atoms with Crippen molar-refractivity contribution >= 4 is 27.5 Å². The lowest BCUT2D eigenvalue weighted by atomic mass is 10.3. The maximum Gasteiger partial charge on any atom is 0.230 e. The molecule has 1 atom stereocenters. The second-order valence-electron chi connectivity index (χ2n) is 5.30. The maximum absolute atomic E-state index is 11.9. The van der Waals surface area contributed by atoms with Gasteiger partial charge in [-0.3, -0.25) is 4.79 Å². The van der Waals surface area contributed by atoms with Gasteiger partial charge in [-0.2, -0.15) is 0 Å². The molecule has 0 bridgehead atoms. The van der Waals surface area contributed by atoms with Crippen LogP contribution in [0.3, 0.4) is 0 Å². The summed E-state index contributed by atoms with van der Waals surface area (Å²) >= 11 is 1.24. The van der Waals surface area contributed by atoms with Crippen LogP contribution in [0.15, 0.2) is 28.0 Å². The number of hydrogen-bond acceptors (Lipinski definition) is 7. The number of rotatable bonds is 5. The average molecular weight is 356 g/mol. The predicted octanol–water partition coefficient (Wildman–Crippen LogP) is 0.470. The first-order chi connectivity index (χ1) is 10.9. The predicted molar refractivity (Wildman–Crippen MR) is 84.6 cm³/mol. The van der Waals surface area contributed by atoms with E-state index in [1.165, 1.54) is 11.8 Å². The van der Waals surface area contributed by atoms with Gasteiger partial charge in [-0.05, 0) is 18.6 Å².